The molecule has 0 aliphatic carbocycles. The van der Waals surface area contributed by atoms with E-state index in [9.17, 15) is 8.42 Å². The van der Waals surface area contributed by atoms with Gasteiger partial charge in [0.15, 0.2) is 0 Å². The van der Waals surface area contributed by atoms with Crippen LogP contribution in [0.3, 0.4) is 0 Å². The lowest BCUT2D eigenvalue weighted by atomic mass is 10.2. The van der Waals surface area contributed by atoms with Crippen molar-refractivity contribution in [2.75, 3.05) is 11.1 Å². The highest BCUT2D eigenvalue weighted by molar-refractivity contribution is 7.90. The fourth-order valence-electron chi connectivity index (χ4n) is 1.37. The summed E-state index contributed by atoms with van der Waals surface area (Å²) in [4.78, 5) is 0.0121. The zero-order valence-corrected chi connectivity index (χ0v) is 9.35. The van der Waals surface area contributed by atoms with E-state index in [0.29, 0.717) is 5.69 Å². The monoisotopic (exact) mass is 245 g/mol. The smallest absolute Gasteiger partial charge is 0.286 e. The Hall–Kier alpha value is -1.27. The average molecular weight is 246 g/mol. The summed E-state index contributed by atoms with van der Waals surface area (Å²) in [6.45, 7) is 1.55. The molecule has 1 aliphatic heterocycles. The highest BCUT2D eigenvalue weighted by Gasteiger charge is 2.25. The van der Waals surface area contributed by atoms with Crippen molar-refractivity contribution >= 4 is 38.8 Å². The van der Waals surface area contributed by atoms with Crippen LogP contribution in [0.1, 0.15) is 6.92 Å². The molecule has 5 nitrogen and oxygen atoms in total. The van der Waals surface area contributed by atoms with Crippen molar-refractivity contribution in [3.63, 3.8) is 0 Å². The Balaban J connectivity index is 2.80. The van der Waals surface area contributed by atoms with E-state index in [0.717, 1.165) is 0 Å². The Morgan fingerprint density at radius 3 is 2.80 bits per heavy atom. The SMILES string of the molecule is CC1=NS(=O)(=O)c2cc(Cl)cc(N)c2N1. The van der Waals surface area contributed by atoms with Crippen molar-refractivity contribution in [3.05, 3.63) is 17.2 Å². The zero-order valence-electron chi connectivity index (χ0n) is 7.78. The molecule has 1 aromatic carbocycles. The van der Waals surface area contributed by atoms with Crippen LogP contribution in [0.5, 0.6) is 0 Å². The summed E-state index contributed by atoms with van der Waals surface area (Å²) in [5.41, 5.74) is 6.29. The number of halogens is 1. The zero-order chi connectivity index (χ0) is 11.2. The van der Waals surface area contributed by atoms with Gasteiger partial charge < -0.3 is 11.1 Å². The predicted octanol–water partition coefficient (Wildman–Crippen LogP) is 1.45. The highest BCUT2D eigenvalue weighted by Crippen LogP contribution is 2.34. The number of fused-ring (bicyclic) bond motifs is 1. The van der Waals surface area contributed by atoms with Crippen LogP contribution in [-0.4, -0.2) is 14.3 Å². The number of sulfonamides is 1. The lowest BCUT2D eigenvalue weighted by Crippen LogP contribution is -2.19. The number of hydrogen-bond acceptors (Lipinski definition) is 4. The number of nitrogens with two attached hydrogens (primary N) is 1. The van der Waals surface area contributed by atoms with Gasteiger partial charge in [0.25, 0.3) is 10.0 Å². The summed E-state index contributed by atoms with van der Waals surface area (Å²) in [5.74, 6) is 0.288. The molecule has 80 valence electrons. The summed E-state index contributed by atoms with van der Waals surface area (Å²) in [6.07, 6.45) is 0. The van der Waals surface area contributed by atoms with Gasteiger partial charge in [-0.25, -0.2) is 0 Å². The van der Waals surface area contributed by atoms with Gasteiger partial charge in [-0.2, -0.15) is 8.42 Å². The molecule has 0 bridgehead atoms. The van der Waals surface area contributed by atoms with Crippen molar-refractivity contribution < 1.29 is 8.42 Å². The van der Waals surface area contributed by atoms with Gasteiger partial charge in [0.2, 0.25) is 0 Å². The van der Waals surface area contributed by atoms with Crippen molar-refractivity contribution in [1.29, 1.82) is 0 Å². The molecule has 7 heteroatoms. The minimum absolute atomic E-state index is 0.0121. The number of hydrogen-bond donors (Lipinski definition) is 2. The fraction of sp³-hybridized carbons (Fsp3) is 0.125. The van der Waals surface area contributed by atoms with Gasteiger partial charge in [0.1, 0.15) is 10.7 Å². The normalized spacial score (nSPS) is 17.6. The number of rotatable bonds is 0. The van der Waals surface area contributed by atoms with Crippen molar-refractivity contribution in [2.45, 2.75) is 11.8 Å². The molecule has 0 atom stereocenters. The fourth-order valence-corrected chi connectivity index (χ4v) is 2.87. The minimum Gasteiger partial charge on any atom is -0.397 e. The van der Waals surface area contributed by atoms with Gasteiger partial charge in [0, 0.05) is 5.02 Å². The van der Waals surface area contributed by atoms with E-state index in [1.807, 2.05) is 0 Å². The molecule has 1 aliphatic rings. The maximum absolute atomic E-state index is 11.6. The Labute approximate surface area is 92.0 Å². The molecule has 0 saturated heterocycles. The summed E-state index contributed by atoms with van der Waals surface area (Å²) in [7, 11) is -3.68. The van der Waals surface area contributed by atoms with Crippen LogP contribution in [0.25, 0.3) is 0 Å². The van der Waals surface area contributed by atoms with E-state index in [-0.39, 0.29) is 21.4 Å². The quantitative estimate of drug-likeness (QED) is 0.678. The first kappa shape index (κ1) is 10.3. The van der Waals surface area contributed by atoms with Gasteiger partial charge in [-0.1, -0.05) is 11.6 Å². The second kappa shape index (κ2) is 3.11. The molecule has 1 aromatic rings. The van der Waals surface area contributed by atoms with Gasteiger partial charge >= 0.3 is 0 Å². The van der Waals surface area contributed by atoms with Gasteiger partial charge in [-0.15, -0.1) is 4.40 Å². The first-order valence-electron chi connectivity index (χ1n) is 4.08. The molecule has 0 aromatic heterocycles. The maximum Gasteiger partial charge on any atom is 0.286 e. The third kappa shape index (κ3) is 1.66. The van der Waals surface area contributed by atoms with Gasteiger partial charge in [0.05, 0.1) is 11.4 Å². The summed E-state index contributed by atoms with van der Waals surface area (Å²) >= 11 is 5.72. The molecule has 2 rings (SSSR count). The van der Waals surface area contributed by atoms with Crippen molar-refractivity contribution in [3.8, 4) is 0 Å². The molecular weight excluding hydrogens is 238 g/mol. The number of anilines is 2. The first-order chi connectivity index (χ1) is 6.90. The standard InChI is InChI=1S/C8H8ClN3O2S/c1-4-11-8-6(10)2-5(9)3-7(8)15(13,14)12-4/h2-3H,10H2,1H3,(H,11,12). The number of nitrogen functional groups attached to an aromatic ring is 1. The third-order valence-electron chi connectivity index (χ3n) is 1.94. The van der Waals surface area contributed by atoms with E-state index >= 15 is 0 Å². The Kier molecular flexibility index (Phi) is 2.13. The van der Waals surface area contributed by atoms with Crippen LogP contribution in [0.15, 0.2) is 21.4 Å². The average Bonchev–Trinajstić information content (AvgIpc) is 2.06. The Bertz CT molecular complexity index is 565. The van der Waals surface area contributed by atoms with E-state index < -0.39 is 10.0 Å². The molecule has 0 amide bonds. The summed E-state index contributed by atoms with van der Waals surface area (Å²) in [5, 5.41) is 3.07. The number of nitrogens with zero attached hydrogens (tertiary/aromatic N) is 1. The van der Waals surface area contributed by atoms with E-state index in [1.165, 1.54) is 12.1 Å². The molecule has 0 radical (unpaired) electrons. The molecule has 0 fully saturated rings. The molecule has 0 saturated carbocycles. The number of nitrogens with one attached hydrogen (secondary N) is 1. The predicted molar refractivity (Wildman–Crippen MR) is 59.8 cm³/mol. The van der Waals surface area contributed by atoms with Crippen LogP contribution in [0.2, 0.25) is 5.02 Å². The molecule has 3 N–H and O–H groups in total. The van der Waals surface area contributed by atoms with Gasteiger partial charge in [-0.3, -0.25) is 0 Å². The van der Waals surface area contributed by atoms with E-state index in [2.05, 4.69) is 9.71 Å². The number of amidine groups is 1. The van der Waals surface area contributed by atoms with E-state index in [1.54, 1.807) is 6.92 Å². The second-order valence-corrected chi connectivity index (χ2v) is 5.15. The largest absolute Gasteiger partial charge is 0.397 e. The van der Waals surface area contributed by atoms with Crippen LogP contribution >= 0.6 is 11.6 Å². The molecule has 0 unspecified atom stereocenters. The first-order valence-corrected chi connectivity index (χ1v) is 5.89. The molecule has 1 heterocycles. The third-order valence-corrected chi connectivity index (χ3v) is 3.55. The summed E-state index contributed by atoms with van der Waals surface area (Å²) in [6, 6.07) is 2.81. The molecule has 15 heavy (non-hydrogen) atoms. The lowest BCUT2D eigenvalue weighted by Gasteiger charge is -2.17. The van der Waals surface area contributed by atoms with Crippen LogP contribution in [-0.2, 0) is 10.0 Å². The lowest BCUT2D eigenvalue weighted by molar-refractivity contribution is 0.598. The summed E-state index contributed by atoms with van der Waals surface area (Å²) < 4.78 is 26.8. The Morgan fingerprint density at radius 2 is 2.13 bits per heavy atom. The van der Waals surface area contributed by atoms with E-state index in [4.69, 9.17) is 17.3 Å². The number of benzene rings is 1. The van der Waals surface area contributed by atoms with Crippen LogP contribution in [0.4, 0.5) is 11.4 Å². The topological polar surface area (TPSA) is 84.5 Å². The molecular formula is C8H8ClN3O2S. The highest BCUT2D eigenvalue weighted by atomic mass is 35.5. The van der Waals surface area contributed by atoms with Crippen molar-refractivity contribution in [1.82, 2.24) is 0 Å². The van der Waals surface area contributed by atoms with Gasteiger partial charge in [-0.05, 0) is 19.1 Å². The molecule has 0 spiro atoms. The Morgan fingerprint density at radius 1 is 1.47 bits per heavy atom. The van der Waals surface area contributed by atoms with Crippen molar-refractivity contribution in [2.24, 2.45) is 4.40 Å². The van der Waals surface area contributed by atoms with Crippen LogP contribution in [0, 0.1) is 0 Å². The maximum atomic E-state index is 11.6. The second-order valence-electron chi connectivity index (χ2n) is 3.14. The van der Waals surface area contributed by atoms with Crippen LogP contribution < -0.4 is 11.1 Å². The minimum atomic E-state index is -3.68.